The van der Waals surface area contributed by atoms with Gasteiger partial charge in [0.25, 0.3) is 0 Å². The van der Waals surface area contributed by atoms with E-state index in [2.05, 4.69) is 0 Å². The fourth-order valence-electron chi connectivity index (χ4n) is 5.94. The van der Waals surface area contributed by atoms with E-state index in [1.54, 1.807) is 40.1 Å². The molecule has 0 spiro atoms. The van der Waals surface area contributed by atoms with Gasteiger partial charge in [0.05, 0.1) is 28.4 Å². The molecule has 0 bridgehead atoms. The van der Waals surface area contributed by atoms with Crippen LogP contribution in [-0.2, 0) is 29.4 Å². The lowest BCUT2D eigenvalue weighted by atomic mass is 9.88. The van der Waals surface area contributed by atoms with Crippen molar-refractivity contribution in [3.63, 3.8) is 0 Å². The highest BCUT2D eigenvalue weighted by Gasteiger charge is 2.42. The van der Waals surface area contributed by atoms with Crippen molar-refractivity contribution in [2.45, 2.75) is 36.6 Å². The molecule has 9 nitrogen and oxygen atoms in total. The highest BCUT2D eigenvalue weighted by atomic mass is 32.2. The maximum absolute atomic E-state index is 13.7. The van der Waals surface area contributed by atoms with E-state index in [-0.39, 0.29) is 59.8 Å². The van der Waals surface area contributed by atoms with Gasteiger partial charge in [-0.3, -0.25) is 9.59 Å². The molecule has 39 heavy (non-hydrogen) atoms. The second-order valence-electron chi connectivity index (χ2n) is 10.7. The summed E-state index contributed by atoms with van der Waals surface area (Å²) in [4.78, 5) is 30.2. The first-order chi connectivity index (χ1) is 18.7. The number of amides is 2. The largest absolute Gasteiger partial charge is 0.342 e. The second kappa shape index (κ2) is 11.4. The molecule has 2 aromatic carbocycles. The molecular formula is C28H35N3O6S2. The molecule has 3 heterocycles. The van der Waals surface area contributed by atoms with Gasteiger partial charge in [-0.1, -0.05) is 48.5 Å². The number of sulfonamides is 1. The molecular weight excluding hydrogens is 538 g/mol. The number of benzene rings is 2. The summed E-state index contributed by atoms with van der Waals surface area (Å²) in [5, 5.41) is 0. The summed E-state index contributed by atoms with van der Waals surface area (Å²) in [6.07, 6.45) is 2.18. The van der Waals surface area contributed by atoms with E-state index in [0.717, 1.165) is 5.56 Å². The molecule has 0 aliphatic carbocycles. The van der Waals surface area contributed by atoms with Crippen LogP contribution in [0.4, 0.5) is 0 Å². The molecule has 0 radical (unpaired) electrons. The Labute approximate surface area is 230 Å². The van der Waals surface area contributed by atoms with Crippen LogP contribution in [0.15, 0.2) is 65.6 Å². The van der Waals surface area contributed by atoms with Gasteiger partial charge in [0.15, 0.2) is 9.84 Å². The second-order valence-corrected chi connectivity index (χ2v) is 14.9. The molecule has 0 aromatic heterocycles. The van der Waals surface area contributed by atoms with Crippen molar-refractivity contribution in [2.24, 2.45) is 11.8 Å². The highest BCUT2D eigenvalue weighted by Crippen LogP contribution is 2.38. The number of rotatable bonds is 5. The Balaban J connectivity index is 1.26. The molecule has 210 valence electrons. The van der Waals surface area contributed by atoms with Crippen LogP contribution in [0.25, 0.3) is 0 Å². The van der Waals surface area contributed by atoms with Gasteiger partial charge in [0.1, 0.15) is 0 Å². The average Bonchev–Trinajstić information content (AvgIpc) is 2.97. The first-order valence-corrected chi connectivity index (χ1v) is 16.8. The van der Waals surface area contributed by atoms with E-state index in [9.17, 15) is 26.4 Å². The van der Waals surface area contributed by atoms with E-state index in [1.165, 1.54) is 4.31 Å². The van der Waals surface area contributed by atoms with Crippen LogP contribution in [0.5, 0.6) is 0 Å². The van der Waals surface area contributed by atoms with Gasteiger partial charge in [-0.05, 0) is 43.4 Å². The zero-order valence-corrected chi connectivity index (χ0v) is 23.5. The summed E-state index contributed by atoms with van der Waals surface area (Å²) in [7, 11) is -6.89. The van der Waals surface area contributed by atoms with E-state index in [4.69, 9.17) is 0 Å². The summed E-state index contributed by atoms with van der Waals surface area (Å²) < 4.78 is 52.4. The van der Waals surface area contributed by atoms with Crippen LogP contribution in [0.1, 0.15) is 37.3 Å². The Kier molecular flexibility index (Phi) is 8.11. The van der Waals surface area contributed by atoms with E-state index in [0.29, 0.717) is 38.8 Å². The van der Waals surface area contributed by atoms with Crippen molar-refractivity contribution in [1.82, 2.24) is 14.1 Å². The minimum atomic E-state index is -3.83. The fraction of sp³-hybridized carbons (Fsp3) is 0.500. The molecule has 2 atom stereocenters. The highest BCUT2D eigenvalue weighted by molar-refractivity contribution is 7.91. The monoisotopic (exact) mass is 573 g/mol. The van der Waals surface area contributed by atoms with Crippen LogP contribution in [0.2, 0.25) is 0 Å². The zero-order valence-electron chi connectivity index (χ0n) is 21.9. The summed E-state index contributed by atoms with van der Waals surface area (Å²) in [6.45, 7) is 1.45. The number of likely N-dealkylation sites (tertiary alicyclic amines) is 1. The quantitative estimate of drug-likeness (QED) is 0.543. The van der Waals surface area contributed by atoms with E-state index in [1.807, 2.05) is 30.3 Å². The van der Waals surface area contributed by atoms with Gasteiger partial charge in [-0.25, -0.2) is 16.8 Å². The van der Waals surface area contributed by atoms with Gasteiger partial charge < -0.3 is 9.80 Å². The maximum atomic E-state index is 13.7. The molecule has 11 heteroatoms. The van der Waals surface area contributed by atoms with Gasteiger partial charge in [-0.15, -0.1) is 0 Å². The molecule has 3 saturated heterocycles. The molecule has 5 rings (SSSR count). The van der Waals surface area contributed by atoms with Gasteiger partial charge >= 0.3 is 0 Å². The fourth-order valence-corrected chi connectivity index (χ4v) is 8.85. The zero-order chi connectivity index (χ0) is 27.6. The first-order valence-electron chi connectivity index (χ1n) is 13.6. The van der Waals surface area contributed by atoms with Crippen LogP contribution in [0, 0.1) is 11.8 Å². The predicted molar refractivity (Wildman–Crippen MR) is 147 cm³/mol. The number of carbonyl (C=O) groups is 2. The Morgan fingerprint density at radius 1 is 0.692 bits per heavy atom. The van der Waals surface area contributed by atoms with Crippen molar-refractivity contribution in [3.8, 4) is 0 Å². The van der Waals surface area contributed by atoms with Crippen LogP contribution < -0.4 is 0 Å². The minimum absolute atomic E-state index is 0.00408. The first kappa shape index (κ1) is 27.8. The normalized spacial score (nSPS) is 24.8. The van der Waals surface area contributed by atoms with E-state index < -0.39 is 25.8 Å². The Hall–Kier alpha value is -2.76. The van der Waals surface area contributed by atoms with Crippen molar-refractivity contribution in [1.29, 1.82) is 0 Å². The van der Waals surface area contributed by atoms with Gasteiger partial charge in [0.2, 0.25) is 21.8 Å². The number of sulfone groups is 1. The summed E-state index contributed by atoms with van der Waals surface area (Å²) in [6, 6.07) is 17.6. The average molecular weight is 574 g/mol. The SMILES string of the molecule is O=C(C1CCN(C(=O)C2CCC(c3ccccc3)N(S(=O)(=O)c3ccccc3)C2)CC1)N1CCS(=O)(=O)CC1. The van der Waals surface area contributed by atoms with Crippen molar-refractivity contribution < 1.29 is 26.4 Å². The topological polar surface area (TPSA) is 112 Å². The Bertz CT molecular complexity index is 1380. The predicted octanol–water partition coefficient (Wildman–Crippen LogP) is 2.32. The minimum Gasteiger partial charge on any atom is -0.342 e. The number of piperidine rings is 2. The Morgan fingerprint density at radius 2 is 1.23 bits per heavy atom. The molecule has 3 aliphatic heterocycles. The lowest BCUT2D eigenvalue weighted by Crippen LogP contribution is -2.51. The lowest BCUT2D eigenvalue weighted by Gasteiger charge is -2.41. The molecule has 2 amide bonds. The third kappa shape index (κ3) is 6.05. The van der Waals surface area contributed by atoms with E-state index >= 15 is 0 Å². The smallest absolute Gasteiger partial charge is 0.243 e. The summed E-state index contributed by atoms with van der Waals surface area (Å²) in [5.74, 6) is -0.763. The standard InChI is InChI=1S/C28H35N3O6S2/c32-27(30-17-19-38(34,35)20-18-30)23-13-15-29(16-14-23)28(33)24-11-12-26(22-7-3-1-4-8-22)31(21-24)39(36,37)25-9-5-2-6-10-25/h1-10,23-24,26H,11-21H2. The van der Waals surface area contributed by atoms with Crippen molar-refractivity contribution >= 4 is 31.7 Å². The molecule has 0 N–H and O–H groups in total. The third-order valence-corrected chi connectivity index (χ3v) is 11.7. The number of nitrogens with zero attached hydrogens (tertiary/aromatic N) is 3. The number of carbonyl (C=O) groups excluding carboxylic acids is 2. The summed E-state index contributed by atoms with van der Waals surface area (Å²) in [5.41, 5.74) is 0.910. The van der Waals surface area contributed by atoms with Gasteiger partial charge in [0, 0.05) is 38.6 Å². The number of hydrogen-bond donors (Lipinski definition) is 0. The summed E-state index contributed by atoms with van der Waals surface area (Å²) >= 11 is 0. The molecule has 2 aromatic rings. The third-order valence-electron chi connectivity index (χ3n) is 8.23. The number of hydrogen-bond acceptors (Lipinski definition) is 6. The lowest BCUT2D eigenvalue weighted by molar-refractivity contribution is -0.143. The van der Waals surface area contributed by atoms with Gasteiger partial charge in [-0.2, -0.15) is 4.31 Å². The van der Waals surface area contributed by atoms with Crippen molar-refractivity contribution in [2.75, 3.05) is 44.2 Å². The molecule has 0 saturated carbocycles. The molecule has 2 unspecified atom stereocenters. The van der Waals surface area contributed by atoms with Crippen molar-refractivity contribution in [3.05, 3.63) is 66.2 Å². The Morgan fingerprint density at radius 3 is 1.85 bits per heavy atom. The molecule has 3 fully saturated rings. The maximum Gasteiger partial charge on any atom is 0.243 e. The van der Waals surface area contributed by atoms with Crippen LogP contribution in [-0.4, -0.2) is 87.0 Å². The molecule has 3 aliphatic rings. The van der Waals surface area contributed by atoms with Crippen LogP contribution in [0.3, 0.4) is 0 Å². The van der Waals surface area contributed by atoms with Crippen LogP contribution >= 0.6 is 0 Å².